The summed E-state index contributed by atoms with van der Waals surface area (Å²) in [5.74, 6) is 0.209. The average Bonchev–Trinajstić information content (AvgIpc) is 3.56. The quantitative estimate of drug-likeness (QED) is 0.407. The van der Waals surface area contributed by atoms with Crippen LogP contribution in [0.4, 0.5) is 4.39 Å². The molecule has 2 aromatic heterocycles. The van der Waals surface area contributed by atoms with Crippen molar-refractivity contribution in [1.82, 2.24) is 14.3 Å². The smallest absolute Gasteiger partial charge is 0.254 e. The van der Waals surface area contributed by atoms with Crippen molar-refractivity contribution in [1.29, 1.82) is 0 Å². The number of imidazole rings is 1. The number of rotatable bonds is 7. The highest BCUT2D eigenvalue weighted by Gasteiger charge is 2.33. The monoisotopic (exact) mass is 429 g/mol. The fourth-order valence-electron chi connectivity index (χ4n) is 3.83. The number of aromatic nitrogens is 2. The van der Waals surface area contributed by atoms with E-state index in [1.54, 1.807) is 35.2 Å². The topological polar surface area (TPSA) is 46.8 Å². The van der Waals surface area contributed by atoms with Crippen molar-refractivity contribution in [3.63, 3.8) is 0 Å². The summed E-state index contributed by atoms with van der Waals surface area (Å²) >= 11 is 0. The maximum absolute atomic E-state index is 14.2. The van der Waals surface area contributed by atoms with Gasteiger partial charge in [0.2, 0.25) is 0 Å². The molecule has 5 nitrogen and oxygen atoms in total. The Balaban J connectivity index is 1.30. The number of aryl methyl sites for hydroxylation is 1. The van der Waals surface area contributed by atoms with Gasteiger partial charge in [-0.1, -0.05) is 30.3 Å². The Morgan fingerprint density at radius 3 is 2.78 bits per heavy atom. The third-order valence-corrected chi connectivity index (χ3v) is 5.66. The Kier molecular flexibility index (Phi) is 5.35. The Labute approximate surface area is 186 Å². The van der Waals surface area contributed by atoms with Gasteiger partial charge in [0.1, 0.15) is 23.8 Å². The fraction of sp³-hybridized carbons (Fsp3) is 0.231. The van der Waals surface area contributed by atoms with Crippen LogP contribution in [-0.4, -0.2) is 26.2 Å². The molecule has 0 spiro atoms. The second-order valence-corrected chi connectivity index (χ2v) is 8.28. The Bertz CT molecular complexity index is 1280. The number of carbonyl (C=O) groups excluding carboxylic acids is 1. The summed E-state index contributed by atoms with van der Waals surface area (Å²) in [6.45, 7) is 2.61. The molecule has 1 fully saturated rings. The van der Waals surface area contributed by atoms with Crippen molar-refractivity contribution >= 4 is 11.6 Å². The molecule has 2 aromatic carbocycles. The van der Waals surface area contributed by atoms with Gasteiger partial charge in [-0.25, -0.2) is 9.37 Å². The van der Waals surface area contributed by atoms with Gasteiger partial charge < -0.3 is 14.0 Å². The molecule has 1 aliphatic carbocycles. The summed E-state index contributed by atoms with van der Waals surface area (Å²) in [6.07, 6.45) is 5.86. The predicted octanol–water partition coefficient (Wildman–Crippen LogP) is 5.17. The number of halogens is 1. The Morgan fingerprint density at radius 2 is 1.97 bits per heavy atom. The van der Waals surface area contributed by atoms with E-state index in [1.165, 1.54) is 6.07 Å². The van der Waals surface area contributed by atoms with Gasteiger partial charge in [-0.05, 0) is 55.7 Å². The van der Waals surface area contributed by atoms with Crippen LogP contribution in [0.5, 0.6) is 5.75 Å². The lowest BCUT2D eigenvalue weighted by Crippen LogP contribution is -2.32. The third kappa shape index (κ3) is 4.35. The van der Waals surface area contributed by atoms with Gasteiger partial charge in [0.15, 0.2) is 0 Å². The highest BCUT2D eigenvalue weighted by atomic mass is 19.1. The minimum Gasteiger partial charge on any atom is -0.487 e. The number of nitrogens with zero attached hydrogens (tertiary/aromatic N) is 3. The lowest BCUT2D eigenvalue weighted by atomic mass is 10.1. The van der Waals surface area contributed by atoms with Gasteiger partial charge in [0.25, 0.3) is 5.91 Å². The second-order valence-electron chi connectivity index (χ2n) is 8.28. The van der Waals surface area contributed by atoms with Crippen LogP contribution in [0.25, 0.3) is 5.65 Å². The van der Waals surface area contributed by atoms with E-state index in [9.17, 15) is 9.18 Å². The number of carbonyl (C=O) groups is 1. The van der Waals surface area contributed by atoms with E-state index in [2.05, 4.69) is 4.98 Å². The van der Waals surface area contributed by atoms with Crippen molar-refractivity contribution in [3.05, 3.63) is 101 Å². The molecule has 0 radical (unpaired) electrons. The molecule has 0 saturated heterocycles. The number of pyridine rings is 1. The molecule has 0 bridgehead atoms. The number of fused-ring (bicyclic) bond motifs is 1. The number of hydrogen-bond donors (Lipinski definition) is 0. The van der Waals surface area contributed by atoms with Crippen molar-refractivity contribution < 1.29 is 13.9 Å². The minimum atomic E-state index is -0.286. The molecule has 4 aromatic rings. The van der Waals surface area contributed by atoms with E-state index < -0.39 is 0 Å². The van der Waals surface area contributed by atoms with Crippen LogP contribution in [-0.2, 0) is 13.2 Å². The van der Waals surface area contributed by atoms with Crippen LogP contribution in [0.15, 0.2) is 73.1 Å². The summed E-state index contributed by atoms with van der Waals surface area (Å²) in [5.41, 5.74) is 3.90. The zero-order chi connectivity index (χ0) is 22.1. The third-order valence-electron chi connectivity index (χ3n) is 5.66. The Hall–Kier alpha value is -3.67. The van der Waals surface area contributed by atoms with Crippen molar-refractivity contribution in [2.45, 2.75) is 39.0 Å². The van der Waals surface area contributed by atoms with Crippen LogP contribution in [0.3, 0.4) is 0 Å². The van der Waals surface area contributed by atoms with Crippen molar-refractivity contribution in [2.24, 2.45) is 0 Å². The number of amides is 1. The number of benzene rings is 2. The normalized spacial score (nSPS) is 13.3. The van der Waals surface area contributed by atoms with Crippen LogP contribution in [0.2, 0.25) is 0 Å². The number of ether oxygens (including phenoxy) is 1. The average molecular weight is 429 g/mol. The molecule has 0 N–H and O–H groups in total. The second kappa shape index (κ2) is 8.46. The van der Waals surface area contributed by atoms with Gasteiger partial charge in [0.05, 0.1) is 5.69 Å². The largest absolute Gasteiger partial charge is 0.487 e. The lowest BCUT2D eigenvalue weighted by molar-refractivity contribution is 0.0727. The van der Waals surface area contributed by atoms with Crippen LogP contribution < -0.4 is 4.74 Å². The summed E-state index contributed by atoms with van der Waals surface area (Å²) in [6, 6.07) is 17.9. The maximum atomic E-state index is 14.2. The fourth-order valence-corrected chi connectivity index (χ4v) is 3.83. The van der Waals surface area contributed by atoms with Gasteiger partial charge >= 0.3 is 0 Å². The summed E-state index contributed by atoms with van der Waals surface area (Å²) in [7, 11) is 0. The predicted molar refractivity (Wildman–Crippen MR) is 120 cm³/mol. The minimum absolute atomic E-state index is 0.107. The molecule has 0 aliphatic heterocycles. The highest BCUT2D eigenvalue weighted by molar-refractivity contribution is 5.95. The van der Waals surface area contributed by atoms with Crippen LogP contribution in [0, 0.1) is 12.7 Å². The van der Waals surface area contributed by atoms with Crippen molar-refractivity contribution in [2.75, 3.05) is 0 Å². The molecule has 162 valence electrons. The first-order valence-electron chi connectivity index (χ1n) is 10.8. The summed E-state index contributed by atoms with van der Waals surface area (Å²) < 4.78 is 22.1. The van der Waals surface area contributed by atoms with E-state index in [-0.39, 0.29) is 24.3 Å². The molecular weight excluding hydrogens is 405 g/mol. The van der Waals surface area contributed by atoms with Gasteiger partial charge in [-0.15, -0.1) is 0 Å². The highest BCUT2D eigenvalue weighted by Crippen LogP contribution is 2.31. The first-order valence-corrected chi connectivity index (χ1v) is 10.8. The lowest BCUT2D eigenvalue weighted by Gasteiger charge is -2.23. The molecule has 1 saturated carbocycles. The first kappa shape index (κ1) is 20.2. The first-order chi connectivity index (χ1) is 15.6. The van der Waals surface area contributed by atoms with E-state index in [1.807, 2.05) is 48.0 Å². The molecule has 0 atom stereocenters. The zero-order valence-corrected chi connectivity index (χ0v) is 17.9. The number of hydrogen-bond acceptors (Lipinski definition) is 3. The van der Waals surface area contributed by atoms with E-state index in [0.29, 0.717) is 23.5 Å². The molecule has 32 heavy (non-hydrogen) atoms. The molecule has 1 amide bonds. The molecule has 0 unspecified atom stereocenters. The van der Waals surface area contributed by atoms with Gasteiger partial charge in [-0.2, -0.15) is 0 Å². The van der Waals surface area contributed by atoms with Crippen LogP contribution in [0.1, 0.15) is 40.0 Å². The van der Waals surface area contributed by atoms with Gasteiger partial charge in [-0.3, -0.25) is 4.79 Å². The maximum Gasteiger partial charge on any atom is 0.254 e. The van der Waals surface area contributed by atoms with Crippen molar-refractivity contribution in [3.8, 4) is 5.75 Å². The van der Waals surface area contributed by atoms with Crippen LogP contribution >= 0.6 is 0 Å². The summed E-state index contributed by atoms with van der Waals surface area (Å²) in [5, 5.41) is 0. The van der Waals surface area contributed by atoms with E-state index in [0.717, 1.165) is 29.7 Å². The SMILES string of the molecule is Cc1ccc2nc(COc3cccc(C(=O)N(Cc4ccccc4F)C4CC4)c3)cn2c1. The molecule has 6 heteroatoms. The summed E-state index contributed by atoms with van der Waals surface area (Å²) in [4.78, 5) is 19.6. The Morgan fingerprint density at radius 1 is 1.12 bits per heavy atom. The standard InChI is InChI=1S/C26H24FN3O2/c1-18-9-12-25-28-21(16-29(25)14-18)17-32-23-7-4-6-19(13-23)26(31)30(22-10-11-22)15-20-5-2-3-8-24(20)27/h2-9,12-14,16,22H,10-11,15,17H2,1H3. The van der Waals surface area contributed by atoms with E-state index >= 15 is 0 Å². The molecule has 2 heterocycles. The molecular formula is C26H24FN3O2. The molecule has 5 rings (SSSR count). The molecule has 1 aliphatic rings. The van der Waals surface area contributed by atoms with Gasteiger partial charge in [0, 0.05) is 36.1 Å². The van der Waals surface area contributed by atoms with E-state index in [4.69, 9.17) is 4.74 Å². The zero-order valence-electron chi connectivity index (χ0n) is 17.9.